The van der Waals surface area contributed by atoms with Crippen LogP contribution in [0.2, 0.25) is 0 Å². The number of likely N-dealkylation sites (tertiary alicyclic amines) is 1. The molecule has 2 N–H and O–H groups in total. The van der Waals surface area contributed by atoms with Gasteiger partial charge in [-0.25, -0.2) is 10.3 Å². The lowest BCUT2D eigenvalue weighted by Gasteiger charge is -2.35. The summed E-state index contributed by atoms with van der Waals surface area (Å²) in [5, 5.41) is 0.698. The topological polar surface area (TPSA) is 129 Å². The van der Waals surface area contributed by atoms with Crippen LogP contribution in [0.5, 0.6) is 0 Å². The molecule has 12 heteroatoms. The van der Waals surface area contributed by atoms with E-state index < -0.39 is 34.4 Å². The van der Waals surface area contributed by atoms with Crippen LogP contribution in [0.1, 0.15) is 32.1 Å². The Morgan fingerprint density at radius 2 is 2.15 bits per heavy atom. The molecule has 4 rings (SSSR count). The molecule has 27 heavy (non-hydrogen) atoms. The molecule has 1 unspecified atom stereocenters. The van der Waals surface area contributed by atoms with Gasteiger partial charge in [0, 0.05) is 12.6 Å². The molecule has 3 saturated heterocycles. The standard InChI is InChI=1S/C15H24N4O7S/c1-17-6-2-3-10(17)9-25-16-13(20)11-7-15(4-5-15)12-8-18(11)14(21)19(12)26-27(22,23)24/h10-12H,2-9H2,1H3,(H,16,20)(H,22,23,24)/t10?,11-,12-/m0/s1. The van der Waals surface area contributed by atoms with E-state index in [0.717, 1.165) is 32.2 Å². The van der Waals surface area contributed by atoms with Crippen LogP contribution in [0.3, 0.4) is 0 Å². The van der Waals surface area contributed by atoms with Crippen molar-refractivity contribution in [3.63, 3.8) is 0 Å². The highest BCUT2D eigenvalue weighted by Gasteiger charge is 2.65. The van der Waals surface area contributed by atoms with Gasteiger partial charge in [0.05, 0.1) is 12.6 Å². The molecule has 0 aromatic rings. The molecule has 11 nitrogen and oxygen atoms in total. The van der Waals surface area contributed by atoms with E-state index in [-0.39, 0.29) is 18.0 Å². The zero-order valence-electron chi connectivity index (χ0n) is 15.0. The summed E-state index contributed by atoms with van der Waals surface area (Å²) in [7, 11) is -2.81. The molecule has 4 aliphatic rings. The number of likely N-dealkylation sites (N-methyl/N-ethyl adjacent to an activating group) is 1. The van der Waals surface area contributed by atoms with Gasteiger partial charge in [0.25, 0.3) is 5.91 Å². The second-order valence-corrected chi connectivity index (χ2v) is 8.92. The summed E-state index contributed by atoms with van der Waals surface area (Å²) in [5.41, 5.74) is 2.09. The predicted octanol–water partition coefficient (Wildman–Crippen LogP) is -0.478. The molecule has 2 bridgehead atoms. The normalized spacial score (nSPS) is 32.4. The Labute approximate surface area is 157 Å². The third kappa shape index (κ3) is 3.51. The van der Waals surface area contributed by atoms with Crippen molar-refractivity contribution in [1.82, 2.24) is 20.3 Å². The fourth-order valence-electron chi connectivity index (χ4n) is 4.52. The smallest absolute Gasteiger partial charge is 0.309 e. The largest absolute Gasteiger partial charge is 0.418 e. The first-order valence-electron chi connectivity index (χ1n) is 9.09. The number of hydrogen-bond donors (Lipinski definition) is 2. The van der Waals surface area contributed by atoms with Gasteiger partial charge in [-0.3, -0.25) is 14.2 Å². The van der Waals surface area contributed by atoms with E-state index in [1.54, 1.807) is 0 Å². The molecule has 0 radical (unpaired) electrons. The summed E-state index contributed by atoms with van der Waals surface area (Å²) in [6.45, 7) is 1.55. The van der Waals surface area contributed by atoms with Crippen molar-refractivity contribution in [3.05, 3.63) is 0 Å². The van der Waals surface area contributed by atoms with Gasteiger partial charge >= 0.3 is 16.4 Å². The Balaban J connectivity index is 1.40. The highest BCUT2D eigenvalue weighted by atomic mass is 32.3. The summed E-state index contributed by atoms with van der Waals surface area (Å²) >= 11 is 0. The maximum absolute atomic E-state index is 12.6. The summed E-state index contributed by atoms with van der Waals surface area (Å²) < 4.78 is 35.6. The van der Waals surface area contributed by atoms with Crippen LogP contribution in [0, 0.1) is 5.41 Å². The fourth-order valence-corrected chi connectivity index (χ4v) is 4.89. The first-order valence-corrected chi connectivity index (χ1v) is 10.5. The molecule has 3 heterocycles. The second-order valence-electron chi connectivity index (χ2n) is 7.92. The van der Waals surface area contributed by atoms with Crippen molar-refractivity contribution >= 4 is 22.3 Å². The minimum atomic E-state index is -4.82. The summed E-state index contributed by atoms with van der Waals surface area (Å²) in [6.07, 6.45) is 4.04. The lowest BCUT2D eigenvalue weighted by molar-refractivity contribution is -0.141. The average molecular weight is 404 g/mol. The third-order valence-corrected chi connectivity index (χ3v) is 6.61. The van der Waals surface area contributed by atoms with Crippen LogP contribution in [0.15, 0.2) is 0 Å². The number of piperidine rings is 1. The number of hydroxylamine groups is 3. The number of nitrogens with one attached hydrogen (secondary N) is 1. The molecular formula is C15H24N4O7S. The number of nitrogens with zero attached hydrogens (tertiary/aromatic N) is 3. The number of hydrogen-bond acceptors (Lipinski definition) is 7. The van der Waals surface area contributed by atoms with Crippen molar-refractivity contribution in [2.24, 2.45) is 5.41 Å². The minimum absolute atomic E-state index is 0.178. The summed E-state index contributed by atoms with van der Waals surface area (Å²) in [6, 6.07) is -1.74. The zero-order chi connectivity index (χ0) is 19.4. The highest BCUT2D eigenvalue weighted by Crippen LogP contribution is 2.59. The van der Waals surface area contributed by atoms with Gasteiger partial charge in [0.2, 0.25) is 0 Å². The lowest BCUT2D eigenvalue weighted by atomic mass is 9.85. The van der Waals surface area contributed by atoms with Crippen LogP contribution in [-0.2, 0) is 24.3 Å². The number of carbonyl (C=O) groups excluding carboxylic acids is 2. The molecule has 1 saturated carbocycles. The molecule has 152 valence electrons. The first-order chi connectivity index (χ1) is 12.7. The van der Waals surface area contributed by atoms with Crippen LogP contribution in [0.25, 0.3) is 0 Å². The van der Waals surface area contributed by atoms with E-state index in [2.05, 4.69) is 14.7 Å². The monoisotopic (exact) mass is 404 g/mol. The number of carbonyl (C=O) groups is 2. The number of amides is 3. The maximum Gasteiger partial charge on any atom is 0.418 e. The van der Waals surface area contributed by atoms with E-state index in [1.807, 2.05) is 7.05 Å². The third-order valence-electron chi connectivity index (χ3n) is 6.26. The van der Waals surface area contributed by atoms with Crippen molar-refractivity contribution in [2.75, 3.05) is 26.7 Å². The highest BCUT2D eigenvalue weighted by molar-refractivity contribution is 7.80. The van der Waals surface area contributed by atoms with E-state index in [1.165, 1.54) is 4.90 Å². The van der Waals surface area contributed by atoms with E-state index >= 15 is 0 Å². The molecule has 3 atom stereocenters. The summed E-state index contributed by atoms with van der Waals surface area (Å²) in [5.74, 6) is -0.428. The van der Waals surface area contributed by atoms with Gasteiger partial charge in [0.1, 0.15) is 6.04 Å². The van der Waals surface area contributed by atoms with E-state index in [9.17, 15) is 18.0 Å². The van der Waals surface area contributed by atoms with Gasteiger partial charge < -0.3 is 9.80 Å². The Morgan fingerprint density at radius 1 is 1.41 bits per heavy atom. The van der Waals surface area contributed by atoms with Crippen molar-refractivity contribution in [2.45, 2.75) is 50.2 Å². The predicted molar refractivity (Wildman–Crippen MR) is 90.2 cm³/mol. The molecule has 0 aromatic heterocycles. The zero-order valence-corrected chi connectivity index (χ0v) is 15.9. The van der Waals surface area contributed by atoms with Crippen LogP contribution >= 0.6 is 0 Å². The molecule has 3 aliphatic heterocycles. The van der Waals surface area contributed by atoms with Crippen LogP contribution in [-0.4, -0.2) is 84.6 Å². The Bertz CT molecular complexity index is 740. The minimum Gasteiger partial charge on any atom is -0.309 e. The molecule has 4 fully saturated rings. The van der Waals surface area contributed by atoms with Crippen molar-refractivity contribution < 1.29 is 31.7 Å². The van der Waals surface area contributed by atoms with Gasteiger partial charge in [-0.05, 0) is 51.1 Å². The molecule has 3 amide bonds. The fraction of sp³-hybridized carbons (Fsp3) is 0.867. The lowest BCUT2D eigenvalue weighted by Crippen LogP contribution is -2.53. The van der Waals surface area contributed by atoms with Crippen molar-refractivity contribution in [3.8, 4) is 0 Å². The molecular weight excluding hydrogens is 380 g/mol. The number of urea groups is 1. The Hall–Kier alpha value is -1.47. The first kappa shape index (κ1) is 18.9. The van der Waals surface area contributed by atoms with Gasteiger partial charge in [0.15, 0.2) is 0 Å². The molecule has 1 spiro atoms. The number of rotatable bonds is 6. The number of fused-ring (bicyclic) bond motifs is 3. The van der Waals surface area contributed by atoms with Crippen LogP contribution in [0.4, 0.5) is 4.79 Å². The summed E-state index contributed by atoms with van der Waals surface area (Å²) in [4.78, 5) is 34.0. The van der Waals surface area contributed by atoms with Crippen LogP contribution < -0.4 is 5.48 Å². The Kier molecular flexibility index (Phi) is 4.58. The van der Waals surface area contributed by atoms with Crippen molar-refractivity contribution in [1.29, 1.82) is 0 Å². The van der Waals surface area contributed by atoms with Gasteiger partial charge in [-0.2, -0.15) is 13.5 Å². The second kappa shape index (κ2) is 6.55. The Morgan fingerprint density at radius 3 is 2.74 bits per heavy atom. The molecule has 1 aliphatic carbocycles. The quantitative estimate of drug-likeness (QED) is 0.449. The van der Waals surface area contributed by atoms with Gasteiger partial charge in [-0.15, -0.1) is 4.28 Å². The maximum atomic E-state index is 12.6. The SMILES string of the molecule is CN1CCCC1CONC(=O)[C@@H]1CC2(CC2)[C@@H]2CN1C(=O)N2OS(=O)(=O)O. The molecule has 0 aromatic carbocycles. The van der Waals surface area contributed by atoms with E-state index in [4.69, 9.17) is 9.39 Å². The van der Waals surface area contributed by atoms with E-state index in [0.29, 0.717) is 18.1 Å². The van der Waals surface area contributed by atoms with Gasteiger partial charge in [-0.1, -0.05) is 0 Å². The average Bonchev–Trinajstić information content (AvgIpc) is 3.15.